The van der Waals surface area contributed by atoms with Gasteiger partial charge in [-0.2, -0.15) is 0 Å². The summed E-state index contributed by atoms with van der Waals surface area (Å²) in [6.45, 7) is 0.762. The summed E-state index contributed by atoms with van der Waals surface area (Å²) in [5.74, 6) is -1.96. The first-order valence-corrected chi connectivity index (χ1v) is 33.7. The number of hydrogen-bond donors (Lipinski definition) is 3. The van der Waals surface area contributed by atoms with Gasteiger partial charge >= 0.3 is 0 Å². The van der Waals surface area contributed by atoms with Gasteiger partial charge < -0.3 is 29.1 Å². The number of benzene rings is 6. The molecule has 476 valence electrons. The number of furan rings is 2. The molecule has 0 atom stereocenters. The molecule has 0 unspecified atom stereocenters. The molecule has 0 fully saturated rings. The average Bonchev–Trinajstić information content (AvgIpc) is 1.63. The second-order valence-corrected chi connectivity index (χ2v) is 27.1. The second-order valence-electron chi connectivity index (χ2n) is 23.0. The molecule has 0 saturated carbocycles. The van der Waals surface area contributed by atoms with Crippen LogP contribution in [0, 0.1) is 23.3 Å². The fourth-order valence-corrected chi connectivity index (χ4v) is 13.2. The smallest absolute Gasteiger partial charge is 0.255 e. The molecule has 1 aliphatic heterocycles. The van der Waals surface area contributed by atoms with Crippen molar-refractivity contribution in [2.75, 3.05) is 55.9 Å². The number of carbonyl (C=O) groups excluding carboxylic acids is 2. The van der Waals surface area contributed by atoms with E-state index in [4.69, 9.17) is 18.8 Å². The zero-order chi connectivity index (χ0) is 65.8. The van der Waals surface area contributed by atoms with Gasteiger partial charge in [0, 0.05) is 104 Å². The zero-order valence-corrected chi connectivity index (χ0v) is 53.1. The number of aromatic nitrogens is 3. The Balaban J connectivity index is 0.000000179. The van der Waals surface area contributed by atoms with Crippen molar-refractivity contribution in [2.24, 2.45) is 0 Å². The number of pyridine rings is 2. The molecule has 13 rings (SSSR count). The van der Waals surface area contributed by atoms with E-state index < -0.39 is 43.5 Å². The molecule has 2 aliphatic rings. The van der Waals surface area contributed by atoms with E-state index in [-0.39, 0.29) is 57.7 Å². The summed E-state index contributed by atoms with van der Waals surface area (Å²) in [4.78, 5) is 36.8. The van der Waals surface area contributed by atoms with Crippen molar-refractivity contribution in [2.45, 2.75) is 51.5 Å². The van der Waals surface area contributed by atoms with Crippen LogP contribution in [-0.4, -0.2) is 95.6 Å². The van der Waals surface area contributed by atoms with Crippen LogP contribution in [-0.2, 0) is 45.9 Å². The lowest BCUT2D eigenvalue weighted by atomic mass is 9.97. The van der Waals surface area contributed by atoms with Gasteiger partial charge in [-0.1, -0.05) is 30.3 Å². The van der Waals surface area contributed by atoms with E-state index in [1.54, 1.807) is 48.5 Å². The van der Waals surface area contributed by atoms with E-state index in [9.17, 15) is 49.1 Å². The number of fused-ring (bicyclic) bond motifs is 8. The fraction of sp³-hybridized carbons (Fsp3) is 0.211. The highest BCUT2D eigenvalue weighted by Crippen LogP contribution is 2.45. The van der Waals surface area contributed by atoms with Crippen LogP contribution in [0.1, 0.15) is 74.3 Å². The topological polar surface area (TPSA) is 210 Å². The maximum atomic E-state index is 14.9. The molecule has 6 aromatic carbocycles. The van der Waals surface area contributed by atoms with Gasteiger partial charge in [0.2, 0.25) is 20.0 Å². The van der Waals surface area contributed by atoms with Gasteiger partial charge in [0.25, 0.3) is 11.8 Å². The van der Waals surface area contributed by atoms with E-state index >= 15 is 0 Å². The maximum absolute atomic E-state index is 14.9. The number of aryl methyl sites for hydroxylation is 3. The molecule has 93 heavy (non-hydrogen) atoms. The third-order valence-electron chi connectivity index (χ3n) is 17.1. The number of anilines is 2. The van der Waals surface area contributed by atoms with Crippen molar-refractivity contribution in [3.05, 3.63) is 202 Å². The normalized spacial score (nSPS) is 13.0. The van der Waals surface area contributed by atoms with Gasteiger partial charge in [0.05, 0.1) is 69.0 Å². The molecule has 5 aromatic heterocycles. The van der Waals surface area contributed by atoms with Gasteiger partial charge in [0.15, 0.2) is 0 Å². The van der Waals surface area contributed by atoms with Crippen LogP contribution in [0.15, 0.2) is 148 Å². The van der Waals surface area contributed by atoms with Crippen LogP contribution in [0.4, 0.5) is 28.9 Å². The molecule has 16 nitrogen and oxygen atoms in total. The SMILES string of the molecule is CNC(=O)c1c(-c2ccc(F)cc2)oc2cc(N(C)S(C)(=O)=O)c(-c3ccc(CCCCO)c(C4=Cc5c(F)cccc5C4)n3)cc12.CNC(=O)c1c(-c2ccc(F)cc2)oc2cc(N(C)S(C)(=O)=O)c(-c3ccc4c(n3)-c3cc5c(F)cccc5n3CCCC4)cc12. The number of allylic oxidation sites excluding steroid dienone is 1. The molecule has 0 saturated heterocycles. The van der Waals surface area contributed by atoms with Gasteiger partial charge in [-0.05, 0) is 164 Å². The number of carbonyl (C=O) groups is 2. The second kappa shape index (κ2) is 25.3. The van der Waals surface area contributed by atoms with E-state index in [2.05, 4.69) is 15.2 Å². The number of nitrogens with zero attached hydrogens (tertiary/aromatic N) is 5. The van der Waals surface area contributed by atoms with Gasteiger partial charge in [0.1, 0.15) is 46.0 Å². The Morgan fingerprint density at radius 2 is 1.15 bits per heavy atom. The summed E-state index contributed by atoms with van der Waals surface area (Å²) in [6.07, 6.45) is 9.02. The van der Waals surface area contributed by atoms with E-state index in [1.165, 1.54) is 88.9 Å². The lowest BCUT2D eigenvalue weighted by Gasteiger charge is -2.22. The highest BCUT2D eigenvalue weighted by Gasteiger charge is 2.31. The molecule has 22 heteroatoms. The third kappa shape index (κ3) is 12.2. The van der Waals surface area contributed by atoms with Crippen molar-refractivity contribution in [1.82, 2.24) is 25.2 Å². The standard InChI is InChI=1S/C36H33F2N3O5S.C35H30F2N4O4S/c1-39-36(43)33-28-19-27(31(41(2)47(3,44)45)20-32(28)46-35(33)22-10-13-25(37)14-11-22)30-15-12-21(7-4-5-16-42)34(40-30)24-17-23-8-6-9-29(38)26(23)18-24;1-38-35(42)32-25-17-24(29(40(2)46(3,43)44)19-31(25)45-34(32)21-10-13-22(36)14-11-21)27-15-12-20-7-4-5-16-41-28-9-6-8-26(37)23(28)18-30(41)33(20)39-27/h6,8-15,18-20,42H,4-5,7,16-17H2,1-3H3,(H,39,43);6,8-15,17-19H,4-5,7,16H2,1-3H3,(H,38,42). The highest BCUT2D eigenvalue weighted by atomic mass is 32.2. The van der Waals surface area contributed by atoms with Crippen LogP contribution >= 0.6 is 0 Å². The molecular formula is C71H63F4N7O9S2. The zero-order valence-electron chi connectivity index (χ0n) is 51.5. The van der Waals surface area contributed by atoms with Crippen molar-refractivity contribution in [3.63, 3.8) is 0 Å². The summed E-state index contributed by atoms with van der Waals surface area (Å²) >= 11 is 0. The molecule has 2 amide bonds. The van der Waals surface area contributed by atoms with Gasteiger partial charge in [-0.3, -0.25) is 18.2 Å². The number of rotatable bonds is 15. The largest absolute Gasteiger partial charge is 0.455 e. The number of sulfonamides is 2. The first-order valence-electron chi connectivity index (χ1n) is 30.0. The maximum Gasteiger partial charge on any atom is 0.255 e. The van der Waals surface area contributed by atoms with Gasteiger partial charge in [-0.25, -0.2) is 44.4 Å². The Labute approximate surface area is 533 Å². The third-order valence-corrected chi connectivity index (χ3v) is 19.5. The monoisotopic (exact) mass is 1300 g/mol. The average molecular weight is 1300 g/mol. The van der Waals surface area contributed by atoms with Crippen LogP contribution in [0.3, 0.4) is 0 Å². The lowest BCUT2D eigenvalue weighted by Crippen LogP contribution is -2.25. The Morgan fingerprint density at radius 1 is 0.613 bits per heavy atom. The number of hydrogen-bond acceptors (Lipinski definition) is 11. The van der Waals surface area contributed by atoms with Crippen LogP contribution in [0.2, 0.25) is 0 Å². The number of aliphatic hydroxyl groups is 1. The molecule has 0 radical (unpaired) electrons. The van der Waals surface area contributed by atoms with Crippen LogP contribution < -0.4 is 19.2 Å². The molecule has 0 bridgehead atoms. The van der Waals surface area contributed by atoms with Crippen molar-refractivity contribution >= 4 is 87.7 Å². The molecule has 1 aliphatic carbocycles. The Kier molecular flexibility index (Phi) is 17.2. The molecule has 6 heterocycles. The minimum absolute atomic E-state index is 0.0552. The van der Waals surface area contributed by atoms with Crippen molar-refractivity contribution < 1.29 is 57.9 Å². The van der Waals surface area contributed by atoms with Crippen LogP contribution in [0.25, 0.3) is 101 Å². The number of aliphatic hydroxyl groups excluding tert-OH is 1. The number of amides is 2. The summed E-state index contributed by atoms with van der Waals surface area (Å²) in [5.41, 5.74) is 11.2. The van der Waals surface area contributed by atoms with E-state index in [0.717, 1.165) is 73.9 Å². The number of unbranched alkanes of at least 4 members (excludes halogenated alkanes) is 1. The lowest BCUT2D eigenvalue weighted by molar-refractivity contribution is 0.0956. The summed E-state index contributed by atoms with van der Waals surface area (Å²) in [6, 6.07) is 37.0. The molecule has 3 N–H and O–H groups in total. The number of halogens is 4. The van der Waals surface area contributed by atoms with Gasteiger partial charge in [-0.15, -0.1) is 0 Å². The molecule has 0 spiro atoms. The Hall–Kier alpha value is -9.90. The van der Waals surface area contributed by atoms with Crippen molar-refractivity contribution in [3.8, 4) is 56.6 Å². The Morgan fingerprint density at radius 3 is 1.69 bits per heavy atom. The fourth-order valence-electron chi connectivity index (χ4n) is 12.2. The quantitative estimate of drug-likeness (QED) is 0.0649. The van der Waals surface area contributed by atoms with Crippen molar-refractivity contribution in [1.29, 1.82) is 0 Å². The predicted octanol–water partition coefficient (Wildman–Crippen LogP) is 13.8. The summed E-state index contributed by atoms with van der Waals surface area (Å²) in [5, 5.41) is 16.0. The molecule has 11 aromatic rings. The highest BCUT2D eigenvalue weighted by molar-refractivity contribution is 7.92. The summed E-state index contributed by atoms with van der Waals surface area (Å²) < 4.78 is 125. The van der Waals surface area contributed by atoms with Crippen LogP contribution in [0.5, 0.6) is 0 Å². The first-order chi connectivity index (χ1) is 44.5. The minimum atomic E-state index is -3.76. The Bertz CT molecular complexity index is 5080. The number of nitrogens with one attached hydrogen (secondary N) is 2. The summed E-state index contributed by atoms with van der Waals surface area (Å²) in [7, 11) is -1.64. The van der Waals surface area contributed by atoms with E-state index in [1.807, 2.05) is 36.4 Å². The van der Waals surface area contributed by atoms with E-state index in [0.29, 0.717) is 105 Å². The minimum Gasteiger partial charge on any atom is -0.455 e. The first kappa shape index (κ1) is 63.3. The molecular weight excluding hydrogens is 1230 g/mol. The predicted molar refractivity (Wildman–Crippen MR) is 355 cm³/mol.